The van der Waals surface area contributed by atoms with Gasteiger partial charge < -0.3 is 4.90 Å². The van der Waals surface area contributed by atoms with Gasteiger partial charge in [-0.1, -0.05) is 6.07 Å². The van der Waals surface area contributed by atoms with Crippen molar-refractivity contribution in [3.05, 3.63) is 29.7 Å². The Morgan fingerprint density at radius 1 is 1.21 bits per heavy atom. The van der Waals surface area contributed by atoms with Crippen molar-refractivity contribution in [2.24, 2.45) is 0 Å². The Labute approximate surface area is 84.2 Å². The van der Waals surface area contributed by atoms with E-state index in [-0.39, 0.29) is 0 Å². The van der Waals surface area contributed by atoms with Crippen molar-refractivity contribution >= 4 is 11.5 Å². The van der Waals surface area contributed by atoms with Gasteiger partial charge in [-0.05, 0) is 25.3 Å². The number of hydrogen-bond donors (Lipinski definition) is 0. The number of anilines is 1. The predicted molar refractivity (Wildman–Crippen MR) is 56.6 cm³/mol. The molecule has 0 bridgehead atoms. The molecular formula is C11H13N3. The summed E-state index contributed by atoms with van der Waals surface area (Å²) in [5.74, 6) is 1.01. The zero-order valence-corrected chi connectivity index (χ0v) is 8.11. The lowest BCUT2D eigenvalue weighted by Gasteiger charge is -2.27. The molecule has 3 nitrogen and oxygen atoms in total. The number of hydrogen-bond acceptors (Lipinski definition) is 2. The molecule has 1 aromatic rings. The fourth-order valence-electron chi connectivity index (χ4n) is 1.75. The summed E-state index contributed by atoms with van der Waals surface area (Å²) in [6, 6.07) is 3.78. The monoisotopic (exact) mass is 187 g/mol. The minimum Gasteiger partial charge on any atom is -0.357 e. The maximum atomic E-state index is 6.83. The van der Waals surface area contributed by atoms with Gasteiger partial charge in [-0.25, -0.2) is 4.85 Å². The second kappa shape index (κ2) is 4.10. The number of pyridine rings is 1. The lowest BCUT2D eigenvalue weighted by molar-refractivity contribution is 0.573. The average molecular weight is 187 g/mol. The molecule has 1 fully saturated rings. The highest BCUT2D eigenvalue weighted by atomic mass is 15.2. The van der Waals surface area contributed by atoms with Gasteiger partial charge in [0.2, 0.25) is 5.69 Å². The SMILES string of the molecule is [C-]#[N+]c1ccc(N2CCCCC2)nc1. The van der Waals surface area contributed by atoms with Crippen molar-refractivity contribution in [2.75, 3.05) is 18.0 Å². The Balaban J connectivity index is 2.12. The van der Waals surface area contributed by atoms with E-state index in [0.717, 1.165) is 18.9 Å². The molecule has 1 aliphatic rings. The van der Waals surface area contributed by atoms with Crippen molar-refractivity contribution < 1.29 is 0 Å². The minimum absolute atomic E-state index is 0.616. The summed E-state index contributed by atoms with van der Waals surface area (Å²) in [7, 11) is 0. The summed E-state index contributed by atoms with van der Waals surface area (Å²) >= 11 is 0. The Bertz CT molecular complexity index is 331. The fourth-order valence-corrected chi connectivity index (χ4v) is 1.75. The van der Waals surface area contributed by atoms with Gasteiger partial charge in [0.05, 0.1) is 6.57 Å². The predicted octanol–water partition coefficient (Wildman–Crippen LogP) is 2.62. The highest BCUT2D eigenvalue weighted by Crippen LogP contribution is 2.19. The summed E-state index contributed by atoms with van der Waals surface area (Å²) < 4.78 is 0. The van der Waals surface area contributed by atoms with E-state index in [2.05, 4.69) is 14.7 Å². The van der Waals surface area contributed by atoms with Crippen molar-refractivity contribution in [1.29, 1.82) is 0 Å². The van der Waals surface area contributed by atoms with Crippen LogP contribution in [0.4, 0.5) is 11.5 Å². The van der Waals surface area contributed by atoms with Crippen molar-refractivity contribution in [2.45, 2.75) is 19.3 Å². The van der Waals surface area contributed by atoms with Crippen LogP contribution in [0.1, 0.15) is 19.3 Å². The molecular weight excluding hydrogens is 174 g/mol. The molecule has 2 rings (SSSR count). The number of piperidine rings is 1. The molecule has 1 aromatic heterocycles. The molecule has 1 saturated heterocycles. The zero-order valence-electron chi connectivity index (χ0n) is 8.11. The van der Waals surface area contributed by atoms with Crippen molar-refractivity contribution in [1.82, 2.24) is 4.98 Å². The molecule has 0 saturated carbocycles. The number of nitrogens with zero attached hydrogens (tertiary/aromatic N) is 3. The van der Waals surface area contributed by atoms with Crippen LogP contribution in [-0.4, -0.2) is 18.1 Å². The number of rotatable bonds is 1. The van der Waals surface area contributed by atoms with Gasteiger partial charge in [0.25, 0.3) is 0 Å². The molecule has 0 amide bonds. The Kier molecular flexibility index (Phi) is 2.64. The third-order valence-corrected chi connectivity index (χ3v) is 2.54. The van der Waals surface area contributed by atoms with Crippen LogP contribution in [0.2, 0.25) is 0 Å². The van der Waals surface area contributed by atoms with E-state index in [1.54, 1.807) is 6.20 Å². The first-order valence-electron chi connectivity index (χ1n) is 4.98. The summed E-state index contributed by atoms with van der Waals surface area (Å²) in [5, 5.41) is 0. The first kappa shape index (κ1) is 9.01. The maximum Gasteiger partial charge on any atom is 0.205 e. The molecule has 0 radical (unpaired) electrons. The van der Waals surface area contributed by atoms with Gasteiger partial charge in [-0.3, -0.25) is 4.98 Å². The fraction of sp³-hybridized carbons (Fsp3) is 0.455. The van der Waals surface area contributed by atoms with Gasteiger partial charge in [0.1, 0.15) is 5.82 Å². The van der Waals surface area contributed by atoms with E-state index in [0.29, 0.717) is 5.69 Å². The van der Waals surface area contributed by atoms with Crippen LogP contribution >= 0.6 is 0 Å². The lowest BCUT2D eigenvalue weighted by atomic mass is 10.1. The van der Waals surface area contributed by atoms with Gasteiger partial charge in [-0.2, -0.15) is 0 Å². The van der Waals surface area contributed by atoms with E-state index in [1.165, 1.54) is 19.3 Å². The topological polar surface area (TPSA) is 20.5 Å². The second-order valence-corrected chi connectivity index (χ2v) is 3.53. The quantitative estimate of drug-likeness (QED) is 0.630. The first-order valence-corrected chi connectivity index (χ1v) is 4.98. The summed E-state index contributed by atoms with van der Waals surface area (Å²) in [6.45, 7) is 9.03. The van der Waals surface area contributed by atoms with E-state index in [9.17, 15) is 0 Å². The summed E-state index contributed by atoms with van der Waals surface area (Å²) in [4.78, 5) is 9.90. The van der Waals surface area contributed by atoms with Crippen LogP contribution in [0.3, 0.4) is 0 Å². The third-order valence-electron chi connectivity index (χ3n) is 2.54. The molecule has 0 aliphatic carbocycles. The van der Waals surface area contributed by atoms with Gasteiger partial charge in [0.15, 0.2) is 0 Å². The van der Waals surface area contributed by atoms with Crippen molar-refractivity contribution in [3.8, 4) is 0 Å². The lowest BCUT2D eigenvalue weighted by Crippen LogP contribution is -2.29. The molecule has 72 valence electrons. The van der Waals surface area contributed by atoms with Gasteiger partial charge in [-0.15, -0.1) is 0 Å². The molecule has 0 unspecified atom stereocenters. The summed E-state index contributed by atoms with van der Waals surface area (Å²) in [6.07, 6.45) is 5.49. The Hall–Kier alpha value is -1.56. The average Bonchev–Trinajstić information content (AvgIpc) is 2.30. The van der Waals surface area contributed by atoms with Crippen LogP contribution in [0, 0.1) is 6.57 Å². The zero-order chi connectivity index (χ0) is 9.80. The Morgan fingerprint density at radius 2 is 2.00 bits per heavy atom. The van der Waals surface area contributed by atoms with Crippen LogP contribution in [0.5, 0.6) is 0 Å². The molecule has 0 N–H and O–H groups in total. The van der Waals surface area contributed by atoms with Crippen LogP contribution in [0.15, 0.2) is 18.3 Å². The molecule has 1 aliphatic heterocycles. The van der Waals surface area contributed by atoms with Gasteiger partial charge in [0, 0.05) is 19.3 Å². The minimum atomic E-state index is 0.616. The standard InChI is InChI=1S/C11H13N3/c1-12-10-5-6-11(13-9-10)14-7-3-2-4-8-14/h5-6,9H,2-4,7-8H2. The third kappa shape index (κ3) is 1.85. The molecule has 0 aromatic carbocycles. The van der Waals surface area contributed by atoms with E-state index in [4.69, 9.17) is 6.57 Å². The van der Waals surface area contributed by atoms with Gasteiger partial charge >= 0.3 is 0 Å². The maximum absolute atomic E-state index is 6.83. The van der Waals surface area contributed by atoms with E-state index in [1.807, 2.05) is 12.1 Å². The first-order chi connectivity index (χ1) is 6.90. The highest BCUT2D eigenvalue weighted by Gasteiger charge is 2.11. The highest BCUT2D eigenvalue weighted by molar-refractivity contribution is 5.49. The van der Waals surface area contributed by atoms with Crippen LogP contribution < -0.4 is 4.90 Å². The number of aromatic nitrogens is 1. The molecule has 3 heteroatoms. The van der Waals surface area contributed by atoms with Crippen LogP contribution in [0.25, 0.3) is 4.85 Å². The summed E-state index contributed by atoms with van der Waals surface area (Å²) in [5.41, 5.74) is 0.616. The molecule has 14 heavy (non-hydrogen) atoms. The largest absolute Gasteiger partial charge is 0.357 e. The molecule has 0 atom stereocenters. The van der Waals surface area contributed by atoms with E-state index >= 15 is 0 Å². The molecule has 2 heterocycles. The smallest absolute Gasteiger partial charge is 0.205 e. The van der Waals surface area contributed by atoms with E-state index < -0.39 is 0 Å². The Morgan fingerprint density at radius 3 is 2.57 bits per heavy atom. The molecule has 0 spiro atoms. The normalized spacial score (nSPS) is 16.4. The second-order valence-electron chi connectivity index (χ2n) is 3.53. The van der Waals surface area contributed by atoms with Crippen LogP contribution in [-0.2, 0) is 0 Å². The van der Waals surface area contributed by atoms with Crippen molar-refractivity contribution in [3.63, 3.8) is 0 Å².